The zero-order chi connectivity index (χ0) is 24.3. The number of rotatable bonds is 7. The molecule has 2 aliphatic rings. The summed E-state index contributed by atoms with van der Waals surface area (Å²) in [6.45, 7) is 5.52. The van der Waals surface area contributed by atoms with Gasteiger partial charge in [0.05, 0.1) is 24.7 Å². The molecular formula is C24H29N3O6S. The highest BCUT2D eigenvalue weighted by Crippen LogP contribution is 2.35. The van der Waals surface area contributed by atoms with Gasteiger partial charge in [0.25, 0.3) is 0 Å². The molecule has 2 aromatic rings. The Kier molecular flexibility index (Phi) is 7.20. The standard InChI is InChI=1S/C24H29N3O6S/c1-3-33-20-6-4-18(5-7-20)16-25-24(29)23-15-19-14-21(8-9-22(19)27(23)17(2)28)34(30,31)26-10-12-32-13-11-26/h4-9,14,23H,3,10-13,15-16H2,1-2H3,(H,25,29). The van der Waals surface area contributed by atoms with E-state index in [2.05, 4.69) is 5.32 Å². The van der Waals surface area contributed by atoms with Crippen molar-refractivity contribution >= 4 is 27.5 Å². The predicted molar refractivity (Wildman–Crippen MR) is 126 cm³/mol. The third-order valence-electron chi connectivity index (χ3n) is 5.99. The van der Waals surface area contributed by atoms with Crippen LogP contribution in [0.3, 0.4) is 0 Å². The van der Waals surface area contributed by atoms with E-state index in [4.69, 9.17) is 9.47 Å². The van der Waals surface area contributed by atoms with Gasteiger partial charge in [-0.2, -0.15) is 4.31 Å². The van der Waals surface area contributed by atoms with Crippen LogP contribution in [0, 0.1) is 0 Å². The van der Waals surface area contributed by atoms with E-state index >= 15 is 0 Å². The Labute approximate surface area is 199 Å². The van der Waals surface area contributed by atoms with Crippen LogP contribution in [-0.4, -0.2) is 63.5 Å². The van der Waals surface area contributed by atoms with Crippen LogP contribution < -0.4 is 15.0 Å². The largest absolute Gasteiger partial charge is 0.494 e. The molecule has 0 aromatic heterocycles. The number of carbonyl (C=O) groups is 2. The van der Waals surface area contributed by atoms with Gasteiger partial charge in [-0.15, -0.1) is 0 Å². The van der Waals surface area contributed by atoms with Gasteiger partial charge in [-0.1, -0.05) is 12.1 Å². The van der Waals surface area contributed by atoms with Gasteiger partial charge in [0.1, 0.15) is 11.8 Å². The molecule has 1 N–H and O–H groups in total. The maximum Gasteiger partial charge on any atom is 0.243 e. The number of amides is 2. The first-order valence-corrected chi connectivity index (χ1v) is 12.8. The summed E-state index contributed by atoms with van der Waals surface area (Å²) in [6, 6.07) is 11.4. The quantitative estimate of drug-likeness (QED) is 0.637. The molecule has 0 bridgehead atoms. The zero-order valence-electron chi connectivity index (χ0n) is 19.3. The molecule has 4 rings (SSSR count). The maximum absolute atomic E-state index is 13.0. The molecule has 2 heterocycles. The average Bonchev–Trinajstić information content (AvgIpc) is 3.23. The van der Waals surface area contributed by atoms with E-state index in [1.165, 1.54) is 22.2 Å². The summed E-state index contributed by atoms with van der Waals surface area (Å²) in [5.41, 5.74) is 2.13. The molecule has 0 radical (unpaired) electrons. The van der Waals surface area contributed by atoms with E-state index < -0.39 is 16.1 Å². The number of benzene rings is 2. The highest BCUT2D eigenvalue weighted by molar-refractivity contribution is 7.89. The lowest BCUT2D eigenvalue weighted by Gasteiger charge is -2.26. The van der Waals surface area contributed by atoms with E-state index in [-0.39, 0.29) is 23.1 Å². The zero-order valence-corrected chi connectivity index (χ0v) is 20.1. The normalized spacial score (nSPS) is 18.4. The van der Waals surface area contributed by atoms with Crippen LogP contribution in [0.15, 0.2) is 47.4 Å². The summed E-state index contributed by atoms with van der Waals surface area (Å²) < 4.78 is 38.2. The number of morpholine rings is 1. The van der Waals surface area contributed by atoms with Gasteiger partial charge in [-0.05, 0) is 48.4 Å². The smallest absolute Gasteiger partial charge is 0.243 e. The predicted octanol–water partition coefficient (Wildman–Crippen LogP) is 1.70. The van der Waals surface area contributed by atoms with Crippen LogP contribution in [-0.2, 0) is 37.3 Å². The number of nitrogens with one attached hydrogen (secondary N) is 1. The summed E-state index contributed by atoms with van der Waals surface area (Å²) >= 11 is 0. The third-order valence-corrected chi connectivity index (χ3v) is 7.88. The lowest BCUT2D eigenvalue weighted by atomic mass is 10.1. The first-order valence-electron chi connectivity index (χ1n) is 11.3. The molecule has 1 unspecified atom stereocenters. The number of sulfonamides is 1. The van der Waals surface area contributed by atoms with Crippen LogP contribution in [0.4, 0.5) is 5.69 Å². The Morgan fingerprint density at radius 1 is 1.12 bits per heavy atom. The highest BCUT2D eigenvalue weighted by atomic mass is 32.2. The molecule has 2 amide bonds. The molecule has 0 saturated carbocycles. The Morgan fingerprint density at radius 3 is 2.47 bits per heavy atom. The van der Waals surface area contributed by atoms with Crippen molar-refractivity contribution in [2.24, 2.45) is 0 Å². The number of carbonyl (C=O) groups excluding carboxylic acids is 2. The van der Waals surface area contributed by atoms with Crippen molar-refractivity contribution in [3.63, 3.8) is 0 Å². The molecular weight excluding hydrogens is 458 g/mol. The summed E-state index contributed by atoms with van der Waals surface area (Å²) in [4.78, 5) is 27.0. The van der Waals surface area contributed by atoms with Crippen LogP contribution in [0.5, 0.6) is 5.75 Å². The Bertz CT molecular complexity index is 1160. The van der Waals surface area contributed by atoms with Gasteiger partial charge in [0.2, 0.25) is 21.8 Å². The molecule has 1 fully saturated rings. The van der Waals surface area contributed by atoms with Gasteiger partial charge < -0.3 is 14.8 Å². The van der Waals surface area contributed by atoms with Gasteiger partial charge in [-0.3, -0.25) is 14.5 Å². The lowest BCUT2D eigenvalue weighted by Crippen LogP contribution is -2.47. The van der Waals surface area contributed by atoms with E-state index in [0.29, 0.717) is 50.7 Å². The number of ether oxygens (including phenoxy) is 2. The fourth-order valence-corrected chi connectivity index (χ4v) is 5.76. The van der Waals surface area contributed by atoms with Crippen LogP contribution in [0.2, 0.25) is 0 Å². The minimum Gasteiger partial charge on any atom is -0.494 e. The number of anilines is 1. The van der Waals surface area contributed by atoms with E-state index in [9.17, 15) is 18.0 Å². The summed E-state index contributed by atoms with van der Waals surface area (Å²) in [5.74, 6) is 0.191. The number of fused-ring (bicyclic) bond motifs is 1. The second-order valence-corrected chi connectivity index (χ2v) is 10.1. The molecule has 2 aliphatic heterocycles. The second-order valence-electron chi connectivity index (χ2n) is 8.21. The van der Waals surface area contributed by atoms with Crippen molar-refractivity contribution in [3.8, 4) is 5.75 Å². The minimum absolute atomic E-state index is 0.159. The second kappa shape index (κ2) is 10.1. The minimum atomic E-state index is -3.67. The van der Waals surface area contributed by atoms with Crippen LogP contribution >= 0.6 is 0 Å². The monoisotopic (exact) mass is 487 g/mol. The van der Waals surface area contributed by atoms with Crippen molar-refractivity contribution in [1.29, 1.82) is 0 Å². The van der Waals surface area contributed by atoms with Gasteiger partial charge >= 0.3 is 0 Å². The Hall–Kier alpha value is -2.95. The Morgan fingerprint density at radius 2 is 1.82 bits per heavy atom. The summed E-state index contributed by atoms with van der Waals surface area (Å²) in [6.07, 6.45) is 0.247. The Balaban J connectivity index is 1.49. The average molecular weight is 488 g/mol. The molecule has 0 aliphatic carbocycles. The number of nitrogens with zero attached hydrogens (tertiary/aromatic N) is 2. The molecule has 34 heavy (non-hydrogen) atoms. The van der Waals surface area contributed by atoms with E-state index in [0.717, 1.165) is 11.3 Å². The third kappa shape index (κ3) is 4.94. The first-order chi connectivity index (χ1) is 16.3. The van der Waals surface area contributed by atoms with Crippen molar-refractivity contribution in [3.05, 3.63) is 53.6 Å². The highest BCUT2D eigenvalue weighted by Gasteiger charge is 2.38. The SMILES string of the molecule is CCOc1ccc(CNC(=O)C2Cc3cc(S(=O)(=O)N4CCOCC4)ccc3N2C(C)=O)cc1. The first kappa shape index (κ1) is 24.2. The van der Waals surface area contributed by atoms with Crippen molar-refractivity contribution < 1.29 is 27.5 Å². The summed E-state index contributed by atoms with van der Waals surface area (Å²) in [5, 5.41) is 2.89. The number of hydrogen-bond acceptors (Lipinski definition) is 6. The lowest BCUT2D eigenvalue weighted by molar-refractivity contribution is -0.125. The molecule has 182 valence electrons. The fourth-order valence-electron chi connectivity index (χ4n) is 4.30. The van der Waals surface area contributed by atoms with Crippen molar-refractivity contribution in [2.75, 3.05) is 37.8 Å². The maximum atomic E-state index is 13.0. The van der Waals surface area contributed by atoms with Crippen LogP contribution in [0.1, 0.15) is 25.0 Å². The topological polar surface area (TPSA) is 105 Å². The summed E-state index contributed by atoms with van der Waals surface area (Å²) in [7, 11) is -3.67. The van der Waals surface area contributed by atoms with Crippen molar-refractivity contribution in [2.45, 2.75) is 37.8 Å². The molecule has 1 saturated heterocycles. The fraction of sp³-hybridized carbons (Fsp3) is 0.417. The van der Waals surface area contributed by atoms with Gasteiger partial charge in [0, 0.05) is 38.7 Å². The number of hydrogen-bond donors (Lipinski definition) is 1. The molecule has 0 spiro atoms. The molecule has 10 heteroatoms. The molecule has 1 atom stereocenters. The molecule has 2 aromatic carbocycles. The van der Waals surface area contributed by atoms with E-state index in [1.807, 2.05) is 31.2 Å². The van der Waals surface area contributed by atoms with Gasteiger partial charge in [0.15, 0.2) is 0 Å². The van der Waals surface area contributed by atoms with Crippen molar-refractivity contribution in [1.82, 2.24) is 9.62 Å². The van der Waals surface area contributed by atoms with Crippen LogP contribution in [0.25, 0.3) is 0 Å². The van der Waals surface area contributed by atoms with E-state index in [1.54, 1.807) is 12.1 Å². The van der Waals surface area contributed by atoms with Gasteiger partial charge in [-0.25, -0.2) is 8.42 Å². The molecule has 9 nitrogen and oxygen atoms in total.